The summed E-state index contributed by atoms with van der Waals surface area (Å²) in [4.78, 5) is 48.1. The van der Waals surface area contributed by atoms with Crippen molar-refractivity contribution in [2.75, 3.05) is 0 Å². The van der Waals surface area contributed by atoms with E-state index in [1.54, 1.807) is 48.5 Å². The molecule has 0 bridgehead atoms. The topological polar surface area (TPSA) is 150 Å². The Hall–Kier alpha value is -4.01. The van der Waals surface area contributed by atoms with Gasteiger partial charge in [-0.2, -0.15) is 9.78 Å². The Morgan fingerprint density at radius 2 is 1.44 bits per heavy atom. The van der Waals surface area contributed by atoms with Crippen LogP contribution in [0.5, 0.6) is 0 Å². The Balaban J connectivity index is 2.19. The van der Waals surface area contributed by atoms with E-state index in [1.165, 1.54) is 6.07 Å². The average Bonchev–Trinajstić information content (AvgIpc) is 2.66. The molecule has 0 atom stereocenters. The Labute approximate surface area is 152 Å². The molecule has 0 aliphatic carbocycles. The summed E-state index contributed by atoms with van der Waals surface area (Å²) in [6.07, 6.45) is 0. The fourth-order valence-electron chi connectivity index (χ4n) is 2.58. The van der Waals surface area contributed by atoms with Gasteiger partial charge in [-0.05, 0) is 18.2 Å². The van der Waals surface area contributed by atoms with E-state index < -0.39 is 29.3 Å². The van der Waals surface area contributed by atoms with Crippen LogP contribution in [0.25, 0.3) is 16.5 Å². The van der Waals surface area contributed by atoms with Gasteiger partial charge in [0.15, 0.2) is 11.7 Å². The first-order valence-electron chi connectivity index (χ1n) is 7.87. The number of hydrogen-bond donors (Lipinski definition) is 3. The van der Waals surface area contributed by atoms with Crippen molar-refractivity contribution in [3.05, 3.63) is 70.6 Å². The number of benzene rings is 2. The maximum Gasteiger partial charge on any atom is 0.279 e. The highest BCUT2D eigenvalue weighted by molar-refractivity contribution is 6.11. The van der Waals surface area contributed by atoms with Gasteiger partial charge >= 0.3 is 0 Å². The third-order valence-electron chi connectivity index (χ3n) is 3.87. The summed E-state index contributed by atoms with van der Waals surface area (Å²) in [5, 5.41) is 6.80. The van der Waals surface area contributed by atoms with Crippen molar-refractivity contribution in [1.29, 1.82) is 0 Å². The molecule has 0 saturated carbocycles. The molecule has 2 aromatic carbocycles. The van der Waals surface area contributed by atoms with Gasteiger partial charge in [-0.25, -0.2) is 0 Å². The van der Waals surface area contributed by atoms with Crippen LogP contribution in [0.4, 0.5) is 0 Å². The van der Waals surface area contributed by atoms with E-state index in [0.29, 0.717) is 5.69 Å². The number of para-hydroxylation sites is 1. The Morgan fingerprint density at radius 1 is 0.889 bits per heavy atom. The van der Waals surface area contributed by atoms with Gasteiger partial charge in [0.1, 0.15) is 0 Å². The fourth-order valence-corrected chi connectivity index (χ4v) is 2.58. The van der Waals surface area contributed by atoms with E-state index in [0.717, 1.165) is 4.68 Å². The van der Waals surface area contributed by atoms with Gasteiger partial charge in [-0.15, -0.1) is 0 Å². The van der Waals surface area contributed by atoms with Crippen molar-refractivity contribution in [2.24, 2.45) is 11.5 Å². The number of carbonyl (C=O) groups is 3. The summed E-state index contributed by atoms with van der Waals surface area (Å²) in [5.74, 6) is -3.06. The van der Waals surface area contributed by atoms with E-state index in [-0.39, 0.29) is 16.5 Å². The number of rotatable bonds is 5. The summed E-state index contributed by atoms with van der Waals surface area (Å²) >= 11 is 0. The molecule has 0 saturated heterocycles. The average molecular weight is 365 g/mol. The molecule has 1 aromatic heterocycles. The van der Waals surface area contributed by atoms with Crippen LogP contribution in [0.3, 0.4) is 0 Å². The monoisotopic (exact) mass is 365 g/mol. The van der Waals surface area contributed by atoms with Gasteiger partial charge in [0.05, 0.1) is 11.1 Å². The lowest BCUT2D eigenvalue weighted by molar-refractivity contribution is -0.128. The second kappa shape index (κ2) is 7.08. The lowest BCUT2D eigenvalue weighted by Gasteiger charge is -2.14. The molecule has 0 aliphatic rings. The molecule has 0 fully saturated rings. The molecule has 9 nitrogen and oxygen atoms in total. The van der Waals surface area contributed by atoms with Crippen molar-refractivity contribution in [1.82, 2.24) is 15.1 Å². The molecule has 0 radical (unpaired) electrons. The van der Waals surface area contributed by atoms with Crippen LogP contribution < -0.4 is 22.3 Å². The van der Waals surface area contributed by atoms with Crippen LogP contribution in [0.15, 0.2) is 59.4 Å². The lowest BCUT2D eigenvalue weighted by atomic mass is 10.1. The molecule has 9 heteroatoms. The van der Waals surface area contributed by atoms with E-state index in [1.807, 2.05) is 0 Å². The molecule has 27 heavy (non-hydrogen) atoms. The molecule has 0 spiro atoms. The number of amides is 3. The van der Waals surface area contributed by atoms with Gasteiger partial charge < -0.3 is 16.8 Å². The van der Waals surface area contributed by atoms with Crippen molar-refractivity contribution in [3.63, 3.8) is 0 Å². The molecular weight excluding hydrogens is 350 g/mol. The Bertz CT molecular complexity index is 1090. The van der Waals surface area contributed by atoms with Crippen molar-refractivity contribution >= 4 is 28.5 Å². The second-order valence-corrected chi connectivity index (χ2v) is 5.66. The summed E-state index contributed by atoms with van der Waals surface area (Å²) in [6, 6.07) is 13.2. The predicted molar refractivity (Wildman–Crippen MR) is 97.0 cm³/mol. The zero-order valence-corrected chi connectivity index (χ0v) is 14.0. The smallest absolute Gasteiger partial charge is 0.279 e. The van der Waals surface area contributed by atoms with Crippen LogP contribution in [0.2, 0.25) is 0 Å². The van der Waals surface area contributed by atoms with Crippen molar-refractivity contribution < 1.29 is 14.4 Å². The molecule has 3 rings (SSSR count). The van der Waals surface area contributed by atoms with Gasteiger partial charge in [-0.1, -0.05) is 36.4 Å². The molecule has 0 aliphatic heterocycles. The number of nitrogens with one attached hydrogen (secondary N) is 1. The summed E-state index contributed by atoms with van der Waals surface area (Å²) in [7, 11) is 0. The third kappa shape index (κ3) is 3.38. The summed E-state index contributed by atoms with van der Waals surface area (Å²) < 4.78 is 1.07. The largest absolute Gasteiger partial charge is 0.367 e. The van der Waals surface area contributed by atoms with Gasteiger partial charge in [0.2, 0.25) is 11.8 Å². The number of hydrogen-bond acceptors (Lipinski definition) is 5. The van der Waals surface area contributed by atoms with E-state index in [2.05, 4.69) is 10.4 Å². The molecular formula is C18H15N5O4. The molecule has 0 unspecified atom stereocenters. The highest BCUT2D eigenvalue weighted by atomic mass is 16.2. The maximum absolute atomic E-state index is 12.8. The fraction of sp³-hybridized carbons (Fsp3) is 0.0556. The number of primary amides is 2. The highest BCUT2D eigenvalue weighted by Crippen LogP contribution is 2.15. The zero-order chi connectivity index (χ0) is 19.6. The first-order chi connectivity index (χ1) is 12.9. The minimum atomic E-state index is -1.70. The zero-order valence-electron chi connectivity index (χ0n) is 14.0. The number of fused-ring (bicyclic) bond motifs is 1. The quantitative estimate of drug-likeness (QED) is 0.519. The molecule has 3 amide bonds. The standard InChI is InChI=1S/C18H15N5O4/c19-15(24)14(16(20)25)21-17(26)13-11-8-4-5-9-12(11)18(27)23(22-13)10-6-2-1-3-7-10/h1-9,14H,(H2,19,24)(H2,20,25)(H,21,26). The van der Waals surface area contributed by atoms with Gasteiger partial charge in [-0.3, -0.25) is 19.2 Å². The molecule has 5 N–H and O–H groups in total. The summed E-state index contributed by atoms with van der Waals surface area (Å²) in [5.41, 5.74) is 10.1. The SMILES string of the molecule is NC(=O)C(NC(=O)c1nn(-c2ccccc2)c(=O)c2ccccc12)C(N)=O. The van der Waals surface area contributed by atoms with Crippen molar-refractivity contribution in [2.45, 2.75) is 6.04 Å². The first-order valence-corrected chi connectivity index (χ1v) is 7.87. The van der Waals surface area contributed by atoms with E-state index in [9.17, 15) is 19.2 Å². The Morgan fingerprint density at radius 3 is 2.04 bits per heavy atom. The minimum absolute atomic E-state index is 0.151. The second-order valence-electron chi connectivity index (χ2n) is 5.66. The lowest BCUT2D eigenvalue weighted by Crippen LogP contribution is -2.52. The van der Waals surface area contributed by atoms with Crippen LogP contribution in [0, 0.1) is 0 Å². The molecule has 136 valence electrons. The Kier molecular flexibility index (Phi) is 4.67. The number of nitrogens with two attached hydrogens (primary N) is 2. The first kappa shape index (κ1) is 17.8. The van der Waals surface area contributed by atoms with Crippen LogP contribution in [0.1, 0.15) is 10.5 Å². The molecule has 1 heterocycles. The van der Waals surface area contributed by atoms with Crippen molar-refractivity contribution in [3.8, 4) is 5.69 Å². The maximum atomic E-state index is 12.8. The van der Waals surface area contributed by atoms with E-state index in [4.69, 9.17) is 11.5 Å². The predicted octanol–water partition coefficient (Wildman–Crippen LogP) is -0.545. The van der Waals surface area contributed by atoms with Crippen LogP contribution >= 0.6 is 0 Å². The number of carbonyl (C=O) groups excluding carboxylic acids is 3. The van der Waals surface area contributed by atoms with Gasteiger partial charge in [0.25, 0.3) is 11.5 Å². The normalized spacial score (nSPS) is 10.7. The number of aromatic nitrogens is 2. The highest BCUT2D eigenvalue weighted by Gasteiger charge is 2.26. The van der Waals surface area contributed by atoms with Gasteiger partial charge in [0, 0.05) is 5.39 Å². The minimum Gasteiger partial charge on any atom is -0.367 e. The van der Waals surface area contributed by atoms with E-state index >= 15 is 0 Å². The van der Waals surface area contributed by atoms with Crippen LogP contribution in [-0.4, -0.2) is 33.5 Å². The van der Waals surface area contributed by atoms with Crippen LogP contribution in [-0.2, 0) is 9.59 Å². The molecule has 3 aromatic rings. The third-order valence-corrected chi connectivity index (χ3v) is 3.87. The number of nitrogens with zero attached hydrogens (tertiary/aromatic N) is 2. The summed E-state index contributed by atoms with van der Waals surface area (Å²) in [6.45, 7) is 0.